The van der Waals surface area contributed by atoms with E-state index in [9.17, 15) is 4.39 Å². The van der Waals surface area contributed by atoms with Gasteiger partial charge in [0.05, 0.1) is 6.04 Å². The summed E-state index contributed by atoms with van der Waals surface area (Å²) in [5.41, 5.74) is 9.05. The lowest BCUT2D eigenvalue weighted by Gasteiger charge is -2.13. The molecule has 1 heterocycles. The largest absolute Gasteiger partial charge is 0.320 e. The Kier molecular flexibility index (Phi) is 4.47. The zero-order valence-corrected chi connectivity index (χ0v) is 10.4. The molecule has 0 aliphatic rings. The van der Waals surface area contributed by atoms with Gasteiger partial charge in [0, 0.05) is 0 Å². The van der Waals surface area contributed by atoms with Crippen molar-refractivity contribution in [2.24, 2.45) is 5.73 Å². The fraction of sp³-hybridized carbons (Fsp3) is 0.167. The molecule has 2 N–H and O–H groups in total. The Morgan fingerprint density at radius 1 is 1.31 bits per heavy atom. The first-order valence-electron chi connectivity index (χ1n) is 4.72. The first-order chi connectivity index (χ1) is 7.18. The number of benzene rings is 1. The monoisotopic (exact) mass is 257 g/mol. The highest BCUT2D eigenvalue weighted by Crippen LogP contribution is 2.24. The molecular weight excluding hydrogens is 245 g/mol. The van der Waals surface area contributed by atoms with E-state index in [1.54, 1.807) is 17.4 Å². The van der Waals surface area contributed by atoms with E-state index < -0.39 is 0 Å². The van der Waals surface area contributed by atoms with Crippen LogP contribution in [0.2, 0.25) is 0 Å². The SMILES string of the molecule is Cc1cc(F)ccc1[C@H](N)c1ccsc1.Cl. The van der Waals surface area contributed by atoms with Gasteiger partial charge in [-0.3, -0.25) is 0 Å². The van der Waals surface area contributed by atoms with Crippen LogP contribution in [0.1, 0.15) is 22.7 Å². The molecule has 2 aromatic rings. The van der Waals surface area contributed by atoms with Gasteiger partial charge in [0.25, 0.3) is 0 Å². The van der Waals surface area contributed by atoms with Gasteiger partial charge in [-0.1, -0.05) is 6.07 Å². The van der Waals surface area contributed by atoms with E-state index in [1.807, 2.05) is 23.8 Å². The molecule has 0 aliphatic carbocycles. The van der Waals surface area contributed by atoms with Gasteiger partial charge in [0.1, 0.15) is 5.82 Å². The van der Waals surface area contributed by atoms with Crippen LogP contribution in [0, 0.1) is 12.7 Å². The summed E-state index contributed by atoms with van der Waals surface area (Å²) >= 11 is 1.62. The molecule has 0 fully saturated rings. The molecule has 86 valence electrons. The third-order valence-electron chi connectivity index (χ3n) is 2.47. The number of aryl methyl sites for hydroxylation is 1. The Morgan fingerprint density at radius 2 is 2.06 bits per heavy atom. The van der Waals surface area contributed by atoms with Gasteiger partial charge >= 0.3 is 0 Å². The standard InChI is InChI=1S/C12H12FNS.ClH/c1-8-6-10(13)2-3-11(8)12(14)9-4-5-15-7-9;/h2-7,12H,14H2,1H3;1H/t12-;/m1./s1. The van der Waals surface area contributed by atoms with Gasteiger partial charge in [-0.15, -0.1) is 12.4 Å². The number of halogens is 2. The van der Waals surface area contributed by atoms with Crippen molar-refractivity contribution in [2.45, 2.75) is 13.0 Å². The van der Waals surface area contributed by atoms with Gasteiger partial charge in [-0.2, -0.15) is 11.3 Å². The van der Waals surface area contributed by atoms with Crippen LogP contribution in [-0.2, 0) is 0 Å². The summed E-state index contributed by atoms with van der Waals surface area (Å²) in [5, 5.41) is 4.02. The Balaban J connectivity index is 0.00000128. The number of nitrogens with two attached hydrogens (primary N) is 1. The van der Waals surface area contributed by atoms with Gasteiger partial charge in [-0.05, 0) is 52.6 Å². The summed E-state index contributed by atoms with van der Waals surface area (Å²) in [4.78, 5) is 0. The van der Waals surface area contributed by atoms with Gasteiger partial charge in [-0.25, -0.2) is 4.39 Å². The maximum atomic E-state index is 12.9. The molecule has 0 unspecified atom stereocenters. The predicted octanol–water partition coefficient (Wildman–Crippen LogP) is 3.67. The highest BCUT2D eigenvalue weighted by Gasteiger charge is 2.11. The summed E-state index contributed by atoms with van der Waals surface area (Å²) < 4.78 is 12.9. The molecule has 0 radical (unpaired) electrons. The van der Waals surface area contributed by atoms with Crippen LogP contribution in [-0.4, -0.2) is 0 Å². The number of hydrogen-bond acceptors (Lipinski definition) is 2. The molecule has 1 atom stereocenters. The molecule has 0 aliphatic heterocycles. The Hall–Kier alpha value is -0.900. The molecule has 1 aromatic heterocycles. The summed E-state index contributed by atoms with van der Waals surface area (Å²) in [5.74, 6) is -0.214. The van der Waals surface area contributed by atoms with E-state index in [1.165, 1.54) is 12.1 Å². The Morgan fingerprint density at radius 3 is 2.62 bits per heavy atom. The van der Waals surface area contributed by atoms with Gasteiger partial charge < -0.3 is 5.73 Å². The summed E-state index contributed by atoms with van der Waals surface area (Å²) in [7, 11) is 0. The predicted molar refractivity (Wildman–Crippen MR) is 68.7 cm³/mol. The topological polar surface area (TPSA) is 26.0 Å². The zero-order chi connectivity index (χ0) is 10.8. The van der Waals surface area contributed by atoms with E-state index in [-0.39, 0.29) is 24.3 Å². The second-order valence-electron chi connectivity index (χ2n) is 3.54. The normalized spacial score (nSPS) is 11.9. The van der Waals surface area contributed by atoms with Crippen molar-refractivity contribution in [3.63, 3.8) is 0 Å². The number of hydrogen-bond donors (Lipinski definition) is 1. The van der Waals surface area contributed by atoms with Crippen LogP contribution >= 0.6 is 23.7 Å². The van der Waals surface area contributed by atoms with E-state index in [4.69, 9.17) is 5.73 Å². The minimum absolute atomic E-state index is 0. The molecule has 0 saturated carbocycles. The Bertz CT molecular complexity index is 456. The Labute approximate surface area is 105 Å². The first kappa shape index (κ1) is 13.2. The molecule has 4 heteroatoms. The van der Waals surface area contributed by atoms with E-state index in [2.05, 4.69) is 0 Å². The van der Waals surface area contributed by atoms with Crippen molar-refractivity contribution < 1.29 is 4.39 Å². The van der Waals surface area contributed by atoms with Crippen molar-refractivity contribution in [3.8, 4) is 0 Å². The van der Waals surface area contributed by atoms with Crippen LogP contribution < -0.4 is 5.73 Å². The number of rotatable bonds is 2. The van der Waals surface area contributed by atoms with Crippen molar-refractivity contribution in [3.05, 3.63) is 57.5 Å². The average Bonchev–Trinajstić information content (AvgIpc) is 2.69. The third kappa shape index (κ3) is 2.61. The molecule has 0 spiro atoms. The highest BCUT2D eigenvalue weighted by atomic mass is 35.5. The summed E-state index contributed by atoms with van der Waals surface area (Å²) in [6, 6.07) is 6.57. The fourth-order valence-corrected chi connectivity index (χ4v) is 2.32. The van der Waals surface area contributed by atoms with Gasteiger partial charge in [0.15, 0.2) is 0 Å². The molecule has 0 bridgehead atoms. The molecule has 1 aromatic carbocycles. The average molecular weight is 258 g/mol. The van der Waals surface area contributed by atoms with Crippen LogP contribution in [0.4, 0.5) is 4.39 Å². The van der Waals surface area contributed by atoms with Crippen molar-refractivity contribution in [2.75, 3.05) is 0 Å². The molecule has 16 heavy (non-hydrogen) atoms. The zero-order valence-electron chi connectivity index (χ0n) is 8.81. The van der Waals surface area contributed by atoms with Crippen molar-refractivity contribution >= 4 is 23.7 Å². The number of thiophene rings is 1. The van der Waals surface area contributed by atoms with Gasteiger partial charge in [0.2, 0.25) is 0 Å². The maximum absolute atomic E-state index is 12.9. The molecule has 1 nitrogen and oxygen atoms in total. The quantitative estimate of drug-likeness (QED) is 0.873. The highest BCUT2D eigenvalue weighted by molar-refractivity contribution is 7.08. The van der Waals surface area contributed by atoms with E-state index in [0.717, 1.165) is 16.7 Å². The van der Waals surface area contributed by atoms with Crippen molar-refractivity contribution in [1.29, 1.82) is 0 Å². The van der Waals surface area contributed by atoms with Crippen LogP contribution in [0.3, 0.4) is 0 Å². The molecule has 2 rings (SSSR count). The lowest BCUT2D eigenvalue weighted by Crippen LogP contribution is -2.12. The summed E-state index contributed by atoms with van der Waals surface area (Å²) in [6.07, 6.45) is 0. The van der Waals surface area contributed by atoms with E-state index >= 15 is 0 Å². The second-order valence-corrected chi connectivity index (χ2v) is 4.32. The van der Waals surface area contributed by atoms with Crippen LogP contribution in [0.15, 0.2) is 35.0 Å². The minimum Gasteiger partial charge on any atom is -0.320 e. The molecule has 0 amide bonds. The fourth-order valence-electron chi connectivity index (χ4n) is 1.62. The van der Waals surface area contributed by atoms with E-state index in [0.29, 0.717) is 0 Å². The third-order valence-corrected chi connectivity index (χ3v) is 3.17. The van der Waals surface area contributed by atoms with Crippen LogP contribution in [0.25, 0.3) is 0 Å². The smallest absolute Gasteiger partial charge is 0.123 e. The first-order valence-corrected chi connectivity index (χ1v) is 5.66. The second kappa shape index (κ2) is 5.43. The molecular formula is C12H13ClFNS. The molecule has 0 saturated heterocycles. The lowest BCUT2D eigenvalue weighted by atomic mass is 9.98. The lowest BCUT2D eigenvalue weighted by molar-refractivity contribution is 0.625. The van der Waals surface area contributed by atoms with Crippen molar-refractivity contribution in [1.82, 2.24) is 0 Å². The maximum Gasteiger partial charge on any atom is 0.123 e. The summed E-state index contributed by atoms with van der Waals surface area (Å²) in [6.45, 7) is 1.88. The minimum atomic E-state index is -0.214. The van der Waals surface area contributed by atoms with Crippen LogP contribution in [0.5, 0.6) is 0 Å².